The molecular formula is C22H19ClN2O3S2. The molecule has 1 fully saturated rings. The second kappa shape index (κ2) is 8.89. The first-order valence-electron chi connectivity index (χ1n) is 9.44. The molecule has 0 atom stereocenters. The average Bonchev–Trinajstić information content (AvgIpc) is 3.17. The first-order chi connectivity index (χ1) is 14.5. The van der Waals surface area contributed by atoms with Crippen molar-refractivity contribution < 1.29 is 14.3 Å². The van der Waals surface area contributed by atoms with Gasteiger partial charge >= 0.3 is 0 Å². The smallest absolute Gasteiger partial charge is 0.267 e. The van der Waals surface area contributed by atoms with Crippen LogP contribution in [0.25, 0.3) is 5.57 Å². The second-order valence-corrected chi connectivity index (χ2v) is 8.99. The highest BCUT2D eigenvalue weighted by Crippen LogP contribution is 2.45. The minimum atomic E-state index is -0.215. The van der Waals surface area contributed by atoms with Gasteiger partial charge < -0.3 is 9.64 Å². The number of methoxy groups -OCH3 is 1. The van der Waals surface area contributed by atoms with Gasteiger partial charge in [-0.2, -0.15) is 0 Å². The Morgan fingerprint density at radius 3 is 2.50 bits per heavy atom. The van der Waals surface area contributed by atoms with Crippen LogP contribution in [0.3, 0.4) is 0 Å². The number of anilines is 1. The highest BCUT2D eigenvalue weighted by Gasteiger charge is 2.41. The molecule has 0 aliphatic carbocycles. The molecule has 0 aromatic heterocycles. The Bertz CT molecular complexity index is 1050. The topological polar surface area (TPSA) is 49.9 Å². The number of hydrogen-bond acceptors (Lipinski definition) is 5. The Balaban J connectivity index is 1.69. The van der Waals surface area contributed by atoms with Gasteiger partial charge in [-0.3, -0.25) is 14.5 Å². The van der Waals surface area contributed by atoms with Gasteiger partial charge in [0, 0.05) is 30.8 Å². The van der Waals surface area contributed by atoms with Crippen molar-refractivity contribution >= 4 is 63.0 Å². The Labute approximate surface area is 189 Å². The van der Waals surface area contributed by atoms with Gasteiger partial charge in [-0.25, -0.2) is 0 Å². The fourth-order valence-electron chi connectivity index (χ4n) is 3.54. The maximum absolute atomic E-state index is 13.4. The quantitative estimate of drug-likeness (QED) is 0.362. The van der Waals surface area contributed by atoms with Gasteiger partial charge in [0.2, 0.25) is 0 Å². The summed E-state index contributed by atoms with van der Waals surface area (Å²) >= 11 is 12.6. The molecule has 8 heteroatoms. The molecule has 1 saturated heterocycles. The SMILES string of the molecule is COCCCN1C(=O)/C(=C2/C(=O)N(Cc3ccc(Cl)cc3)c3ccccc32)SC1=S. The first-order valence-corrected chi connectivity index (χ1v) is 11.0. The lowest BCUT2D eigenvalue weighted by molar-refractivity contribution is -0.122. The van der Waals surface area contributed by atoms with Crippen LogP contribution in [0.1, 0.15) is 17.5 Å². The van der Waals surface area contributed by atoms with Crippen LogP contribution in [0.15, 0.2) is 53.4 Å². The van der Waals surface area contributed by atoms with Gasteiger partial charge in [0.15, 0.2) is 0 Å². The Kier molecular flexibility index (Phi) is 6.24. The fraction of sp³-hybridized carbons (Fsp3) is 0.227. The summed E-state index contributed by atoms with van der Waals surface area (Å²) in [4.78, 5) is 30.2. The molecule has 0 bridgehead atoms. The van der Waals surface area contributed by atoms with Gasteiger partial charge in [0.05, 0.1) is 22.7 Å². The maximum Gasteiger partial charge on any atom is 0.267 e. The van der Waals surface area contributed by atoms with E-state index in [1.165, 1.54) is 11.8 Å². The predicted molar refractivity (Wildman–Crippen MR) is 124 cm³/mol. The number of carbonyl (C=O) groups is 2. The number of amides is 2. The van der Waals surface area contributed by atoms with Crippen molar-refractivity contribution in [2.24, 2.45) is 0 Å². The number of benzene rings is 2. The maximum atomic E-state index is 13.4. The molecule has 0 radical (unpaired) electrons. The lowest BCUT2D eigenvalue weighted by Crippen LogP contribution is -2.30. The summed E-state index contributed by atoms with van der Waals surface area (Å²) in [6, 6.07) is 14.9. The zero-order valence-corrected chi connectivity index (χ0v) is 18.6. The number of halogens is 1. The van der Waals surface area contributed by atoms with Crippen LogP contribution < -0.4 is 4.90 Å². The molecule has 154 valence electrons. The number of rotatable bonds is 6. The van der Waals surface area contributed by atoms with E-state index >= 15 is 0 Å². The van der Waals surface area contributed by atoms with E-state index in [4.69, 9.17) is 28.6 Å². The number of carbonyl (C=O) groups excluding carboxylic acids is 2. The van der Waals surface area contributed by atoms with E-state index in [1.54, 1.807) is 29.0 Å². The zero-order valence-electron chi connectivity index (χ0n) is 16.3. The Morgan fingerprint density at radius 2 is 1.77 bits per heavy atom. The molecule has 0 unspecified atom stereocenters. The molecular weight excluding hydrogens is 440 g/mol. The first kappa shape index (κ1) is 21.1. The summed E-state index contributed by atoms with van der Waals surface area (Å²) in [7, 11) is 1.62. The number of fused-ring (bicyclic) bond motifs is 1. The highest BCUT2D eigenvalue weighted by molar-refractivity contribution is 8.26. The van der Waals surface area contributed by atoms with Gasteiger partial charge in [0.25, 0.3) is 11.8 Å². The van der Waals surface area contributed by atoms with Crippen LogP contribution in [0.4, 0.5) is 5.69 Å². The standard InChI is InChI=1S/C22H19ClN2O3S2/c1-28-12-4-11-24-21(27)19(30-22(24)29)18-16-5-2-3-6-17(16)25(20(18)26)13-14-7-9-15(23)10-8-14/h2-3,5-10H,4,11-13H2,1H3/b19-18-. The molecule has 0 saturated carbocycles. The van der Waals surface area contributed by atoms with Crippen LogP contribution in [0, 0.1) is 0 Å². The molecule has 2 heterocycles. The van der Waals surface area contributed by atoms with Crippen molar-refractivity contribution in [3.05, 3.63) is 69.6 Å². The summed E-state index contributed by atoms with van der Waals surface area (Å²) in [6.45, 7) is 1.41. The monoisotopic (exact) mass is 458 g/mol. The molecule has 0 N–H and O–H groups in total. The number of para-hydroxylation sites is 1. The van der Waals surface area contributed by atoms with E-state index < -0.39 is 0 Å². The van der Waals surface area contributed by atoms with Crippen LogP contribution in [0.2, 0.25) is 5.02 Å². The normalized spacial score (nSPS) is 18.5. The largest absolute Gasteiger partial charge is 0.385 e. The van der Waals surface area contributed by atoms with Crippen molar-refractivity contribution in [2.75, 3.05) is 25.2 Å². The van der Waals surface area contributed by atoms with Crippen molar-refractivity contribution in [3.8, 4) is 0 Å². The Hall–Kier alpha value is -2.19. The van der Waals surface area contributed by atoms with Crippen molar-refractivity contribution in [1.82, 2.24) is 4.90 Å². The van der Waals surface area contributed by atoms with Crippen molar-refractivity contribution in [3.63, 3.8) is 0 Å². The third-order valence-corrected chi connectivity index (χ3v) is 6.68. The third-order valence-electron chi connectivity index (χ3n) is 4.98. The summed E-state index contributed by atoms with van der Waals surface area (Å²) in [6.07, 6.45) is 0.679. The molecule has 0 spiro atoms. The number of thiocarbonyl (C=S) groups is 1. The fourth-order valence-corrected chi connectivity index (χ4v) is 5.04. The van der Waals surface area contributed by atoms with Crippen molar-refractivity contribution in [2.45, 2.75) is 13.0 Å². The molecule has 5 nitrogen and oxygen atoms in total. The van der Waals surface area contributed by atoms with Gasteiger partial charge in [-0.1, -0.05) is 65.9 Å². The molecule has 2 aliphatic heterocycles. The number of ether oxygens (including phenoxy) is 1. The van der Waals surface area contributed by atoms with Gasteiger partial charge in [-0.15, -0.1) is 0 Å². The van der Waals surface area contributed by atoms with E-state index in [-0.39, 0.29) is 11.8 Å². The van der Waals surface area contributed by atoms with Crippen LogP contribution in [-0.2, 0) is 20.9 Å². The molecule has 30 heavy (non-hydrogen) atoms. The van der Waals surface area contributed by atoms with Gasteiger partial charge in [0.1, 0.15) is 4.32 Å². The lowest BCUT2D eigenvalue weighted by Gasteiger charge is -2.17. The molecule has 4 rings (SSSR count). The summed E-state index contributed by atoms with van der Waals surface area (Å²) in [5.41, 5.74) is 2.92. The second-order valence-electron chi connectivity index (χ2n) is 6.91. The molecule has 2 amide bonds. The highest BCUT2D eigenvalue weighted by atomic mass is 35.5. The molecule has 2 aliphatic rings. The minimum absolute atomic E-state index is 0.191. The minimum Gasteiger partial charge on any atom is -0.385 e. The summed E-state index contributed by atoms with van der Waals surface area (Å²) in [5.74, 6) is -0.406. The summed E-state index contributed by atoms with van der Waals surface area (Å²) < 4.78 is 5.54. The number of nitrogens with zero attached hydrogens (tertiary/aromatic N) is 2. The van der Waals surface area contributed by atoms with E-state index in [0.717, 1.165) is 16.8 Å². The van der Waals surface area contributed by atoms with Crippen LogP contribution in [-0.4, -0.2) is 41.3 Å². The van der Waals surface area contributed by atoms with E-state index in [2.05, 4.69) is 0 Å². The Morgan fingerprint density at radius 1 is 1.03 bits per heavy atom. The number of thioether (sulfide) groups is 1. The molecule has 2 aromatic rings. The van der Waals surface area contributed by atoms with E-state index in [0.29, 0.717) is 45.9 Å². The summed E-state index contributed by atoms with van der Waals surface area (Å²) in [5, 5.41) is 0.643. The zero-order chi connectivity index (χ0) is 21.3. The average molecular weight is 459 g/mol. The van der Waals surface area contributed by atoms with Crippen LogP contribution in [0.5, 0.6) is 0 Å². The number of hydrogen-bond donors (Lipinski definition) is 0. The van der Waals surface area contributed by atoms with Gasteiger partial charge in [-0.05, 0) is 30.2 Å². The predicted octanol–water partition coefficient (Wildman–Crippen LogP) is 4.49. The third kappa shape index (κ3) is 3.90. The van der Waals surface area contributed by atoms with E-state index in [9.17, 15) is 9.59 Å². The van der Waals surface area contributed by atoms with Crippen LogP contribution >= 0.6 is 35.6 Å². The van der Waals surface area contributed by atoms with Crippen molar-refractivity contribution in [1.29, 1.82) is 0 Å². The molecule has 2 aromatic carbocycles. The lowest BCUT2D eigenvalue weighted by atomic mass is 10.1. The van der Waals surface area contributed by atoms with E-state index in [1.807, 2.05) is 36.4 Å².